The maximum Gasteiger partial charge on any atom is 0.227 e. The van der Waals surface area contributed by atoms with Crippen molar-refractivity contribution in [1.82, 2.24) is 5.32 Å². The van der Waals surface area contributed by atoms with Crippen LogP contribution >= 0.6 is 11.3 Å². The summed E-state index contributed by atoms with van der Waals surface area (Å²) < 4.78 is 0. The molecule has 1 aliphatic carbocycles. The lowest BCUT2D eigenvalue weighted by molar-refractivity contribution is -0.132. The van der Waals surface area contributed by atoms with E-state index in [4.69, 9.17) is 5.73 Å². The van der Waals surface area contributed by atoms with Gasteiger partial charge in [-0.2, -0.15) is 11.3 Å². The van der Waals surface area contributed by atoms with Crippen LogP contribution in [0.5, 0.6) is 0 Å². The van der Waals surface area contributed by atoms with Crippen molar-refractivity contribution in [3.8, 4) is 0 Å². The Kier molecular flexibility index (Phi) is 4.96. The molecule has 1 unspecified atom stereocenters. The number of nitrogens with two attached hydrogens (primary N) is 1. The van der Waals surface area contributed by atoms with Gasteiger partial charge < -0.3 is 16.2 Å². The van der Waals surface area contributed by atoms with Crippen molar-refractivity contribution in [1.29, 1.82) is 0 Å². The van der Waals surface area contributed by atoms with Gasteiger partial charge in [0, 0.05) is 13.1 Å². The largest absolute Gasteiger partial charge is 0.387 e. The van der Waals surface area contributed by atoms with E-state index in [9.17, 15) is 9.90 Å². The average Bonchev–Trinajstić information content (AvgIpc) is 2.99. The normalized spacial score (nSPS) is 19.9. The summed E-state index contributed by atoms with van der Waals surface area (Å²) in [5.74, 6) is 0.00368. The molecule has 5 heteroatoms. The molecule has 1 aromatic rings. The standard InChI is InChI=1S/C14H22N2O2S/c15-10-14(5-2-1-3-6-14)13(18)16-8-12(17)11-4-7-19-9-11/h4,7,9,12,17H,1-3,5-6,8,10,15H2,(H,16,18). The molecule has 0 aromatic carbocycles. The summed E-state index contributed by atoms with van der Waals surface area (Å²) in [5, 5.41) is 16.7. The lowest BCUT2D eigenvalue weighted by atomic mass is 9.73. The Labute approximate surface area is 118 Å². The first-order chi connectivity index (χ1) is 9.18. The zero-order valence-corrected chi connectivity index (χ0v) is 11.9. The van der Waals surface area contributed by atoms with E-state index in [0.717, 1.165) is 31.2 Å². The fraction of sp³-hybridized carbons (Fsp3) is 0.643. The highest BCUT2D eigenvalue weighted by atomic mass is 32.1. The highest BCUT2D eigenvalue weighted by Gasteiger charge is 2.38. The predicted molar refractivity (Wildman–Crippen MR) is 76.9 cm³/mol. The molecule has 0 spiro atoms. The summed E-state index contributed by atoms with van der Waals surface area (Å²) in [5.41, 5.74) is 6.27. The third-order valence-electron chi connectivity index (χ3n) is 4.07. The molecule has 106 valence electrons. The maximum atomic E-state index is 12.3. The van der Waals surface area contributed by atoms with E-state index in [2.05, 4.69) is 5.32 Å². The van der Waals surface area contributed by atoms with Crippen LogP contribution in [-0.4, -0.2) is 24.1 Å². The summed E-state index contributed by atoms with van der Waals surface area (Å²) in [4.78, 5) is 12.3. The zero-order valence-electron chi connectivity index (χ0n) is 11.1. The molecule has 0 bridgehead atoms. The number of rotatable bonds is 5. The Morgan fingerprint density at radius 1 is 1.47 bits per heavy atom. The third kappa shape index (κ3) is 3.35. The van der Waals surface area contributed by atoms with E-state index < -0.39 is 11.5 Å². The van der Waals surface area contributed by atoms with Crippen LogP contribution < -0.4 is 11.1 Å². The van der Waals surface area contributed by atoms with Crippen LogP contribution in [0.2, 0.25) is 0 Å². The molecule has 0 saturated heterocycles. The molecule has 0 radical (unpaired) electrons. The van der Waals surface area contributed by atoms with Crippen LogP contribution in [0.1, 0.15) is 43.8 Å². The molecular formula is C14H22N2O2S. The third-order valence-corrected chi connectivity index (χ3v) is 4.77. The Morgan fingerprint density at radius 3 is 2.79 bits per heavy atom. The fourth-order valence-electron chi connectivity index (χ4n) is 2.71. The van der Waals surface area contributed by atoms with Gasteiger partial charge in [0.05, 0.1) is 11.5 Å². The lowest BCUT2D eigenvalue weighted by Crippen LogP contribution is -2.48. The number of aliphatic hydroxyl groups excluding tert-OH is 1. The Balaban J connectivity index is 1.89. The van der Waals surface area contributed by atoms with Crippen LogP contribution in [0.3, 0.4) is 0 Å². The first-order valence-corrected chi connectivity index (χ1v) is 7.81. The molecule has 1 aromatic heterocycles. The van der Waals surface area contributed by atoms with Crippen molar-refractivity contribution in [3.63, 3.8) is 0 Å². The number of thiophene rings is 1. The predicted octanol–water partition coefficient (Wildman–Crippen LogP) is 1.81. The number of carbonyl (C=O) groups is 1. The molecule has 1 fully saturated rings. The van der Waals surface area contributed by atoms with Gasteiger partial charge in [-0.15, -0.1) is 0 Å². The van der Waals surface area contributed by atoms with Crippen LogP contribution in [-0.2, 0) is 4.79 Å². The van der Waals surface area contributed by atoms with Gasteiger partial charge in [-0.3, -0.25) is 4.79 Å². The molecule has 1 saturated carbocycles. The minimum absolute atomic E-state index is 0.00368. The van der Waals surface area contributed by atoms with Crippen molar-refractivity contribution in [3.05, 3.63) is 22.4 Å². The van der Waals surface area contributed by atoms with Crippen LogP contribution in [0.25, 0.3) is 0 Å². The van der Waals surface area contributed by atoms with Gasteiger partial charge in [0.2, 0.25) is 5.91 Å². The molecule has 1 aliphatic rings. The molecule has 1 heterocycles. The zero-order chi connectivity index (χ0) is 13.7. The molecular weight excluding hydrogens is 260 g/mol. The lowest BCUT2D eigenvalue weighted by Gasteiger charge is -2.34. The quantitative estimate of drug-likeness (QED) is 0.771. The average molecular weight is 282 g/mol. The summed E-state index contributed by atoms with van der Waals surface area (Å²) in [6.07, 6.45) is 4.42. The molecule has 1 atom stereocenters. The van der Waals surface area contributed by atoms with E-state index in [0.29, 0.717) is 6.54 Å². The number of nitrogens with one attached hydrogen (secondary N) is 1. The van der Waals surface area contributed by atoms with Gasteiger partial charge in [0.1, 0.15) is 0 Å². The molecule has 19 heavy (non-hydrogen) atoms. The second-order valence-corrected chi connectivity index (χ2v) is 6.11. The maximum absolute atomic E-state index is 12.3. The van der Waals surface area contributed by atoms with Crippen molar-refractivity contribution in [2.75, 3.05) is 13.1 Å². The molecule has 4 N–H and O–H groups in total. The fourth-order valence-corrected chi connectivity index (χ4v) is 3.42. The van der Waals surface area contributed by atoms with Gasteiger partial charge in [-0.25, -0.2) is 0 Å². The molecule has 4 nitrogen and oxygen atoms in total. The van der Waals surface area contributed by atoms with Crippen LogP contribution in [0.4, 0.5) is 0 Å². The minimum atomic E-state index is -0.631. The van der Waals surface area contributed by atoms with E-state index >= 15 is 0 Å². The van der Waals surface area contributed by atoms with E-state index in [1.807, 2.05) is 16.8 Å². The van der Waals surface area contributed by atoms with Crippen LogP contribution in [0, 0.1) is 5.41 Å². The first-order valence-electron chi connectivity index (χ1n) is 6.86. The summed E-state index contributed by atoms with van der Waals surface area (Å²) in [6, 6.07) is 1.88. The molecule has 2 rings (SSSR count). The number of carbonyl (C=O) groups excluding carboxylic acids is 1. The van der Waals surface area contributed by atoms with Gasteiger partial charge in [-0.1, -0.05) is 19.3 Å². The molecule has 0 aliphatic heterocycles. The molecule has 1 amide bonds. The van der Waals surface area contributed by atoms with E-state index in [1.54, 1.807) is 11.3 Å². The number of aliphatic hydroxyl groups is 1. The monoisotopic (exact) mass is 282 g/mol. The summed E-state index contributed by atoms with van der Waals surface area (Å²) >= 11 is 1.54. The van der Waals surface area contributed by atoms with Gasteiger partial charge in [0.25, 0.3) is 0 Å². The second kappa shape index (κ2) is 6.50. The van der Waals surface area contributed by atoms with Crippen molar-refractivity contribution < 1.29 is 9.90 Å². The highest BCUT2D eigenvalue weighted by molar-refractivity contribution is 7.07. The first kappa shape index (κ1) is 14.5. The van der Waals surface area contributed by atoms with Gasteiger partial charge >= 0.3 is 0 Å². The Hall–Kier alpha value is -0.910. The smallest absolute Gasteiger partial charge is 0.227 e. The number of hydrogen-bond acceptors (Lipinski definition) is 4. The van der Waals surface area contributed by atoms with E-state index in [1.165, 1.54) is 6.42 Å². The Bertz CT molecular complexity index is 400. The minimum Gasteiger partial charge on any atom is -0.387 e. The van der Waals surface area contributed by atoms with Crippen molar-refractivity contribution in [2.45, 2.75) is 38.2 Å². The topological polar surface area (TPSA) is 75.4 Å². The summed E-state index contributed by atoms with van der Waals surface area (Å²) in [6.45, 7) is 0.657. The van der Waals surface area contributed by atoms with Crippen molar-refractivity contribution in [2.24, 2.45) is 11.1 Å². The van der Waals surface area contributed by atoms with Gasteiger partial charge in [-0.05, 0) is 35.2 Å². The Morgan fingerprint density at radius 2 is 2.21 bits per heavy atom. The highest BCUT2D eigenvalue weighted by Crippen LogP contribution is 2.35. The number of amides is 1. The van der Waals surface area contributed by atoms with E-state index in [-0.39, 0.29) is 12.5 Å². The summed E-state index contributed by atoms with van der Waals surface area (Å²) in [7, 11) is 0. The van der Waals surface area contributed by atoms with Crippen molar-refractivity contribution >= 4 is 17.2 Å². The SMILES string of the molecule is NCC1(C(=O)NCC(O)c2ccsc2)CCCCC1. The number of hydrogen-bond donors (Lipinski definition) is 3. The van der Waals surface area contributed by atoms with Crippen LogP contribution in [0.15, 0.2) is 16.8 Å². The second-order valence-electron chi connectivity index (χ2n) is 5.33. The van der Waals surface area contributed by atoms with Gasteiger partial charge in [0.15, 0.2) is 0 Å².